The first-order chi connectivity index (χ1) is 12.6. The van der Waals surface area contributed by atoms with Crippen molar-refractivity contribution in [3.05, 3.63) is 66.0 Å². The number of carbonyl (C=O) groups excluding carboxylic acids is 2. The molecule has 0 aromatic heterocycles. The predicted molar refractivity (Wildman–Crippen MR) is 96.2 cm³/mol. The van der Waals surface area contributed by atoms with Gasteiger partial charge < -0.3 is 15.0 Å². The Morgan fingerprint density at radius 3 is 2.46 bits per heavy atom. The lowest BCUT2D eigenvalue weighted by molar-refractivity contribution is -0.145. The molecule has 0 unspecified atom stereocenters. The summed E-state index contributed by atoms with van der Waals surface area (Å²) >= 11 is 0. The highest BCUT2D eigenvalue weighted by Gasteiger charge is 2.36. The van der Waals surface area contributed by atoms with Crippen LogP contribution < -0.4 is 10.2 Å². The van der Waals surface area contributed by atoms with Crippen molar-refractivity contribution < 1.29 is 18.7 Å². The number of nitrogens with zero attached hydrogens (tertiary/aromatic N) is 1. The molecule has 2 atom stereocenters. The van der Waals surface area contributed by atoms with Gasteiger partial charge in [0.2, 0.25) is 5.91 Å². The van der Waals surface area contributed by atoms with Gasteiger partial charge in [0, 0.05) is 18.7 Å². The Morgan fingerprint density at radius 1 is 1.19 bits per heavy atom. The second-order valence-corrected chi connectivity index (χ2v) is 6.25. The second kappa shape index (κ2) is 7.99. The molecule has 0 aliphatic carbocycles. The van der Waals surface area contributed by atoms with Gasteiger partial charge in [-0.05, 0) is 36.2 Å². The maximum absolute atomic E-state index is 13.1. The molecule has 1 aliphatic rings. The summed E-state index contributed by atoms with van der Waals surface area (Å²) in [4.78, 5) is 26.6. The Hall–Kier alpha value is -2.89. The molecule has 1 fully saturated rings. The molecule has 2 aromatic carbocycles. The summed E-state index contributed by atoms with van der Waals surface area (Å²) in [6, 6.07) is 14.4. The van der Waals surface area contributed by atoms with Crippen LogP contribution in [-0.2, 0) is 20.7 Å². The summed E-state index contributed by atoms with van der Waals surface area (Å²) < 4.78 is 17.9. The van der Waals surface area contributed by atoms with Crippen molar-refractivity contribution in [2.24, 2.45) is 0 Å². The summed E-state index contributed by atoms with van der Waals surface area (Å²) in [5, 5.41) is 2.80. The number of ether oxygens (including phenoxy) is 1. The molecular formula is C20H21FN2O3. The number of anilines is 1. The monoisotopic (exact) mass is 356 g/mol. The van der Waals surface area contributed by atoms with Crippen LogP contribution in [-0.4, -0.2) is 37.6 Å². The Balaban J connectivity index is 1.67. The molecule has 5 nitrogen and oxygen atoms in total. The smallest absolute Gasteiger partial charge is 0.328 e. The van der Waals surface area contributed by atoms with Crippen molar-refractivity contribution in [3.8, 4) is 0 Å². The average molecular weight is 356 g/mol. The fourth-order valence-electron chi connectivity index (χ4n) is 3.05. The number of esters is 1. The number of halogens is 1. The van der Waals surface area contributed by atoms with Gasteiger partial charge in [0.05, 0.1) is 7.11 Å². The lowest BCUT2D eigenvalue weighted by Crippen LogP contribution is -2.59. The second-order valence-electron chi connectivity index (χ2n) is 6.25. The standard InChI is InChI=1S/C20H21FN2O3/c1-26-20(25)17(13-14-5-3-2-4-6-14)22-19(24)18-11-12-23(18)16-9-7-15(21)8-10-16/h2-10,17-18H,11-13H2,1H3,(H,22,24)/t17-,18-/m0/s1. The number of methoxy groups -OCH3 is 1. The number of nitrogens with one attached hydrogen (secondary N) is 1. The van der Waals surface area contributed by atoms with Gasteiger partial charge in [-0.15, -0.1) is 0 Å². The average Bonchev–Trinajstić information content (AvgIpc) is 2.62. The van der Waals surface area contributed by atoms with Crippen LogP contribution >= 0.6 is 0 Å². The molecule has 0 bridgehead atoms. The molecule has 1 heterocycles. The number of rotatable bonds is 6. The van der Waals surface area contributed by atoms with Crippen molar-refractivity contribution >= 4 is 17.6 Å². The molecule has 26 heavy (non-hydrogen) atoms. The van der Waals surface area contributed by atoms with E-state index in [-0.39, 0.29) is 17.8 Å². The van der Waals surface area contributed by atoms with Gasteiger partial charge in [0.1, 0.15) is 17.9 Å². The van der Waals surface area contributed by atoms with Crippen LogP contribution in [0, 0.1) is 5.82 Å². The van der Waals surface area contributed by atoms with Crippen LogP contribution in [0.15, 0.2) is 54.6 Å². The molecule has 0 spiro atoms. The van der Waals surface area contributed by atoms with E-state index in [2.05, 4.69) is 5.32 Å². The Bertz CT molecular complexity index is 764. The van der Waals surface area contributed by atoms with E-state index in [9.17, 15) is 14.0 Å². The first-order valence-electron chi connectivity index (χ1n) is 8.53. The van der Waals surface area contributed by atoms with Crippen molar-refractivity contribution in [2.45, 2.75) is 24.9 Å². The van der Waals surface area contributed by atoms with Crippen LogP contribution in [0.3, 0.4) is 0 Å². The van der Waals surface area contributed by atoms with Crippen molar-refractivity contribution in [3.63, 3.8) is 0 Å². The molecule has 136 valence electrons. The molecule has 0 radical (unpaired) electrons. The van der Waals surface area contributed by atoms with Crippen molar-refractivity contribution in [1.29, 1.82) is 0 Å². The highest BCUT2D eigenvalue weighted by molar-refractivity contribution is 5.91. The summed E-state index contributed by atoms with van der Waals surface area (Å²) in [5.74, 6) is -1.02. The van der Waals surface area contributed by atoms with E-state index in [0.29, 0.717) is 19.4 Å². The molecule has 6 heteroatoms. The number of hydrogen-bond donors (Lipinski definition) is 1. The molecule has 1 N–H and O–H groups in total. The van der Waals surface area contributed by atoms with Gasteiger partial charge in [-0.2, -0.15) is 0 Å². The van der Waals surface area contributed by atoms with E-state index in [1.54, 1.807) is 12.1 Å². The molecule has 2 aromatic rings. The van der Waals surface area contributed by atoms with E-state index in [4.69, 9.17) is 4.74 Å². The van der Waals surface area contributed by atoms with E-state index < -0.39 is 12.0 Å². The normalized spacial score (nSPS) is 17.2. The predicted octanol–water partition coefficient (Wildman–Crippen LogP) is 2.30. The van der Waals surface area contributed by atoms with E-state index in [1.165, 1.54) is 19.2 Å². The Kier molecular flexibility index (Phi) is 5.51. The Labute approximate surface area is 151 Å². The van der Waals surface area contributed by atoms with E-state index in [0.717, 1.165) is 11.3 Å². The number of carbonyl (C=O) groups is 2. The maximum atomic E-state index is 13.1. The maximum Gasteiger partial charge on any atom is 0.328 e. The van der Waals surface area contributed by atoms with Gasteiger partial charge in [-0.3, -0.25) is 4.79 Å². The summed E-state index contributed by atoms with van der Waals surface area (Å²) in [6.07, 6.45) is 1.05. The third-order valence-corrected chi connectivity index (χ3v) is 4.57. The lowest BCUT2D eigenvalue weighted by Gasteiger charge is -2.42. The largest absolute Gasteiger partial charge is 0.467 e. The molecule has 1 saturated heterocycles. The molecule has 3 rings (SSSR count). The fourth-order valence-corrected chi connectivity index (χ4v) is 3.05. The number of benzene rings is 2. The highest BCUT2D eigenvalue weighted by atomic mass is 19.1. The van der Waals surface area contributed by atoms with Crippen LogP contribution in [0.2, 0.25) is 0 Å². The zero-order valence-electron chi connectivity index (χ0n) is 14.5. The minimum Gasteiger partial charge on any atom is -0.467 e. The van der Waals surface area contributed by atoms with Gasteiger partial charge in [0.15, 0.2) is 0 Å². The SMILES string of the molecule is COC(=O)[C@H](Cc1ccccc1)NC(=O)[C@@H]1CCN1c1ccc(F)cc1. The molecule has 1 aliphatic heterocycles. The van der Waals surface area contributed by atoms with Crippen LogP contribution in [0.4, 0.5) is 10.1 Å². The zero-order valence-corrected chi connectivity index (χ0v) is 14.5. The zero-order chi connectivity index (χ0) is 18.5. The van der Waals surface area contributed by atoms with Gasteiger partial charge in [-0.1, -0.05) is 30.3 Å². The van der Waals surface area contributed by atoms with Gasteiger partial charge >= 0.3 is 5.97 Å². The molecule has 1 amide bonds. The quantitative estimate of drug-likeness (QED) is 0.807. The third-order valence-electron chi connectivity index (χ3n) is 4.57. The third kappa shape index (κ3) is 4.02. The van der Waals surface area contributed by atoms with Crippen LogP contribution in [0.5, 0.6) is 0 Å². The van der Waals surface area contributed by atoms with Gasteiger partial charge in [-0.25, -0.2) is 9.18 Å². The van der Waals surface area contributed by atoms with Crippen LogP contribution in [0.1, 0.15) is 12.0 Å². The van der Waals surface area contributed by atoms with Crippen molar-refractivity contribution in [1.82, 2.24) is 5.32 Å². The van der Waals surface area contributed by atoms with E-state index >= 15 is 0 Å². The molecular weight excluding hydrogens is 335 g/mol. The minimum atomic E-state index is -0.745. The number of amides is 1. The lowest BCUT2D eigenvalue weighted by atomic mass is 9.99. The number of hydrogen-bond acceptors (Lipinski definition) is 4. The first-order valence-corrected chi connectivity index (χ1v) is 8.53. The van der Waals surface area contributed by atoms with Crippen LogP contribution in [0.25, 0.3) is 0 Å². The molecule has 0 saturated carbocycles. The summed E-state index contributed by atoms with van der Waals surface area (Å²) in [7, 11) is 1.31. The topological polar surface area (TPSA) is 58.6 Å². The summed E-state index contributed by atoms with van der Waals surface area (Å²) in [6.45, 7) is 0.714. The highest BCUT2D eigenvalue weighted by Crippen LogP contribution is 2.26. The van der Waals surface area contributed by atoms with E-state index in [1.807, 2.05) is 35.2 Å². The minimum absolute atomic E-state index is 0.230. The summed E-state index contributed by atoms with van der Waals surface area (Å²) in [5.41, 5.74) is 1.72. The first kappa shape index (κ1) is 17.9. The fraction of sp³-hybridized carbons (Fsp3) is 0.300. The van der Waals surface area contributed by atoms with Gasteiger partial charge in [0.25, 0.3) is 0 Å². The Morgan fingerprint density at radius 2 is 1.88 bits per heavy atom. The van der Waals surface area contributed by atoms with Crippen molar-refractivity contribution in [2.75, 3.05) is 18.6 Å².